The second-order valence-corrected chi connectivity index (χ2v) is 12.0. The van der Waals surface area contributed by atoms with E-state index in [-0.39, 0.29) is 49.9 Å². The van der Waals surface area contributed by atoms with Gasteiger partial charge in [0.05, 0.1) is 32.4 Å². The number of hydrogen-bond acceptors (Lipinski definition) is 8. The van der Waals surface area contributed by atoms with Crippen LogP contribution in [-0.2, 0) is 38.5 Å². The second kappa shape index (κ2) is 16.4. The van der Waals surface area contributed by atoms with E-state index in [2.05, 4.69) is 22.4 Å². The number of carbonyl (C=O) groups excluding carboxylic acids is 3. The van der Waals surface area contributed by atoms with E-state index in [4.69, 9.17) is 18.9 Å². The lowest BCUT2D eigenvalue weighted by molar-refractivity contribution is -0.137. The molecule has 3 amide bonds. The monoisotopic (exact) mass is 647 g/mol. The number of aromatic amines is 1. The van der Waals surface area contributed by atoms with Gasteiger partial charge in [0.15, 0.2) is 11.5 Å². The number of methoxy groups -OCH3 is 2. The maximum Gasteiger partial charge on any atom is 0.274 e. The van der Waals surface area contributed by atoms with Crippen LogP contribution in [0.5, 0.6) is 17.2 Å². The summed E-state index contributed by atoms with van der Waals surface area (Å²) in [7, 11) is 3.19. The Labute approximate surface area is 275 Å². The van der Waals surface area contributed by atoms with E-state index in [0.717, 1.165) is 29.7 Å². The van der Waals surface area contributed by atoms with Gasteiger partial charge in [-0.05, 0) is 67.1 Å². The number of nitrogens with one attached hydrogen (secondary N) is 2. The number of benzene rings is 2. The first kappa shape index (κ1) is 33.9. The maximum atomic E-state index is 13.6. The van der Waals surface area contributed by atoms with E-state index in [1.165, 1.54) is 0 Å². The van der Waals surface area contributed by atoms with Gasteiger partial charge in [-0.1, -0.05) is 31.5 Å². The fraction of sp³-hybridized carbons (Fsp3) is 0.486. The number of ether oxygens (including phenoxy) is 4. The summed E-state index contributed by atoms with van der Waals surface area (Å²) in [6, 6.07) is 14.6. The van der Waals surface area contributed by atoms with Crippen LogP contribution in [0.2, 0.25) is 0 Å². The topological polar surface area (TPSA) is 135 Å². The highest BCUT2D eigenvalue weighted by Gasteiger charge is 2.35. The number of amides is 3. The summed E-state index contributed by atoms with van der Waals surface area (Å²) in [5.41, 5.74) is 3.08. The number of carbonyl (C=O) groups is 3. The Balaban J connectivity index is 1.39. The number of likely N-dealkylation sites (tertiary alicyclic amines) is 1. The van der Waals surface area contributed by atoms with E-state index in [1.54, 1.807) is 30.1 Å². The molecule has 1 fully saturated rings. The number of nitrogens with zero attached hydrogens (tertiary/aromatic N) is 3. The van der Waals surface area contributed by atoms with Crippen molar-refractivity contribution in [3.05, 3.63) is 71.0 Å². The molecule has 2 atom stereocenters. The fourth-order valence-electron chi connectivity index (χ4n) is 5.99. The molecule has 0 saturated carbocycles. The molecular formula is C35H45N5O7. The van der Waals surface area contributed by atoms with Gasteiger partial charge >= 0.3 is 0 Å². The molecule has 4 bridgehead atoms. The number of fused-ring (bicyclic) bond motifs is 9. The molecule has 2 aromatic carbocycles. The predicted octanol–water partition coefficient (Wildman–Crippen LogP) is 3.89. The highest BCUT2D eigenvalue weighted by atomic mass is 16.5. The van der Waals surface area contributed by atoms with Crippen LogP contribution in [0.4, 0.5) is 0 Å². The van der Waals surface area contributed by atoms with Crippen LogP contribution in [0.15, 0.2) is 48.5 Å². The number of aromatic nitrogens is 2. The molecule has 4 heterocycles. The molecule has 12 nitrogen and oxygen atoms in total. The minimum atomic E-state index is -0.494. The number of hydrogen-bond donors (Lipinski definition) is 2. The minimum Gasteiger partial charge on any atom is -0.493 e. The van der Waals surface area contributed by atoms with Crippen LogP contribution in [-0.4, -0.2) is 96.9 Å². The quantitative estimate of drug-likeness (QED) is 0.352. The SMILES string of the molecule is CCCc1cc(C(=O)N2CC[C@H]3OCc4cccc(c4)Oc4ccc(cc4OC)CCC(=O)N(CCCOC)CC(=O)N[C@H]3C2)n[nH]1. The van der Waals surface area contributed by atoms with E-state index >= 15 is 0 Å². The number of piperidine rings is 1. The van der Waals surface area contributed by atoms with Crippen molar-refractivity contribution < 1.29 is 33.3 Å². The molecule has 3 aliphatic heterocycles. The highest BCUT2D eigenvalue weighted by molar-refractivity contribution is 5.92. The van der Waals surface area contributed by atoms with Crippen LogP contribution >= 0.6 is 0 Å². The normalized spacial score (nSPS) is 19.2. The first-order valence-electron chi connectivity index (χ1n) is 16.3. The lowest BCUT2D eigenvalue weighted by Crippen LogP contribution is -2.58. The van der Waals surface area contributed by atoms with E-state index < -0.39 is 6.04 Å². The fourth-order valence-corrected chi connectivity index (χ4v) is 5.99. The first-order valence-corrected chi connectivity index (χ1v) is 16.3. The molecule has 1 saturated heterocycles. The molecule has 6 rings (SSSR count). The Morgan fingerprint density at radius 1 is 1.09 bits per heavy atom. The molecule has 0 aliphatic carbocycles. The van der Waals surface area contributed by atoms with Crippen molar-refractivity contribution in [2.45, 2.75) is 64.2 Å². The molecule has 3 aliphatic rings. The number of H-pyrrole nitrogens is 1. The standard InChI is InChI=1S/C35H45N5O7/c1-4-7-26-20-28(38-37-26)35(43)40-16-14-30-29(21-40)36-33(41)22-39(15-6-17-44-2)34(42)13-11-24-10-12-31(32(19-24)45-3)47-27-9-5-8-25(18-27)23-46-30/h5,8-10,12,18-20,29-30H,4,6-7,11,13-17,21-23H2,1-3H3,(H,36,41)(H,37,38)/t29-,30+/m0/s1. The van der Waals surface area contributed by atoms with Gasteiger partial charge < -0.3 is 34.1 Å². The first-order chi connectivity index (χ1) is 22.9. The van der Waals surface area contributed by atoms with Crippen LogP contribution < -0.4 is 14.8 Å². The summed E-state index contributed by atoms with van der Waals surface area (Å²) in [4.78, 5) is 43.7. The van der Waals surface area contributed by atoms with Crippen molar-refractivity contribution in [1.82, 2.24) is 25.3 Å². The molecular weight excluding hydrogens is 602 g/mol. The Morgan fingerprint density at radius 2 is 1.96 bits per heavy atom. The molecule has 2 N–H and O–H groups in total. The third kappa shape index (κ3) is 9.11. The van der Waals surface area contributed by atoms with Crippen molar-refractivity contribution in [2.75, 3.05) is 47.0 Å². The number of aryl methyl sites for hydroxylation is 2. The van der Waals surface area contributed by atoms with E-state index in [9.17, 15) is 14.4 Å². The number of rotatable bonds is 8. The van der Waals surface area contributed by atoms with Gasteiger partial charge in [-0.25, -0.2) is 0 Å². The summed E-state index contributed by atoms with van der Waals surface area (Å²) >= 11 is 0. The largest absolute Gasteiger partial charge is 0.493 e. The minimum absolute atomic E-state index is 0.113. The molecule has 0 unspecified atom stereocenters. The van der Waals surface area contributed by atoms with E-state index in [1.807, 2.05) is 42.5 Å². The molecule has 0 spiro atoms. The summed E-state index contributed by atoms with van der Waals surface area (Å²) in [5, 5.41) is 10.3. The van der Waals surface area contributed by atoms with Gasteiger partial charge in [-0.15, -0.1) is 0 Å². The third-order valence-corrected chi connectivity index (χ3v) is 8.46. The van der Waals surface area contributed by atoms with Crippen LogP contribution in [0.25, 0.3) is 0 Å². The molecule has 3 aromatic rings. The summed E-state index contributed by atoms with van der Waals surface area (Å²) in [5.74, 6) is 1.10. The average molecular weight is 648 g/mol. The average Bonchev–Trinajstić information content (AvgIpc) is 3.55. The van der Waals surface area contributed by atoms with Gasteiger partial charge in [0, 0.05) is 45.5 Å². The zero-order chi connectivity index (χ0) is 33.2. The molecule has 12 heteroatoms. The molecule has 0 radical (unpaired) electrons. The van der Waals surface area contributed by atoms with Crippen molar-refractivity contribution in [3.8, 4) is 17.2 Å². The predicted molar refractivity (Wildman–Crippen MR) is 175 cm³/mol. The van der Waals surface area contributed by atoms with Crippen molar-refractivity contribution in [3.63, 3.8) is 0 Å². The second-order valence-electron chi connectivity index (χ2n) is 12.0. The van der Waals surface area contributed by atoms with Crippen molar-refractivity contribution in [1.29, 1.82) is 0 Å². The highest BCUT2D eigenvalue weighted by Crippen LogP contribution is 2.33. The van der Waals surface area contributed by atoms with Gasteiger partial charge in [-0.2, -0.15) is 5.10 Å². The third-order valence-electron chi connectivity index (χ3n) is 8.46. The summed E-state index contributed by atoms with van der Waals surface area (Å²) < 4.78 is 23.4. The molecule has 252 valence electrons. The van der Waals surface area contributed by atoms with E-state index in [0.29, 0.717) is 61.9 Å². The summed E-state index contributed by atoms with van der Waals surface area (Å²) in [6.07, 6.45) is 3.17. The Morgan fingerprint density at radius 3 is 2.77 bits per heavy atom. The van der Waals surface area contributed by atoms with Gasteiger partial charge in [0.2, 0.25) is 11.8 Å². The van der Waals surface area contributed by atoms with Gasteiger partial charge in [-0.3, -0.25) is 19.5 Å². The Bertz CT molecular complexity index is 1530. The smallest absolute Gasteiger partial charge is 0.274 e. The Kier molecular flexibility index (Phi) is 11.9. The maximum absolute atomic E-state index is 13.6. The molecule has 47 heavy (non-hydrogen) atoms. The van der Waals surface area contributed by atoms with Crippen LogP contribution in [0.1, 0.15) is 59.9 Å². The van der Waals surface area contributed by atoms with Crippen molar-refractivity contribution in [2.24, 2.45) is 0 Å². The van der Waals surface area contributed by atoms with Crippen molar-refractivity contribution >= 4 is 17.7 Å². The van der Waals surface area contributed by atoms with Gasteiger partial charge in [0.25, 0.3) is 5.91 Å². The zero-order valence-electron chi connectivity index (χ0n) is 27.5. The summed E-state index contributed by atoms with van der Waals surface area (Å²) in [6.45, 7) is 3.77. The lowest BCUT2D eigenvalue weighted by atomic mass is 10.0. The van der Waals surface area contributed by atoms with Crippen LogP contribution in [0.3, 0.4) is 0 Å². The Hall–Kier alpha value is -4.42. The lowest BCUT2D eigenvalue weighted by Gasteiger charge is -2.38. The van der Waals surface area contributed by atoms with Crippen LogP contribution in [0, 0.1) is 0 Å². The van der Waals surface area contributed by atoms with Gasteiger partial charge in [0.1, 0.15) is 11.4 Å². The zero-order valence-corrected chi connectivity index (χ0v) is 27.5. The molecule has 1 aromatic heterocycles.